The van der Waals surface area contributed by atoms with Gasteiger partial charge < -0.3 is 24.3 Å². The third-order valence-electron chi connectivity index (χ3n) is 6.56. The number of fused-ring (bicyclic) bond motifs is 5. The molecule has 2 aromatic carbocycles. The first-order valence-corrected chi connectivity index (χ1v) is 10.1. The van der Waals surface area contributed by atoms with Crippen LogP contribution in [0.15, 0.2) is 42.5 Å². The summed E-state index contributed by atoms with van der Waals surface area (Å²) in [6.07, 6.45) is 0. The minimum Gasteiger partial charge on any atom is -0.454 e. The van der Waals surface area contributed by atoms with Gasteiger partial charge in [0.1, 0.15) is 6.04 Å². The topological polar surface area (TPSA) is 74.9 Å². The highest BCUT2D eigenvalue weighted by Crippen LogP contribution is 2.48. The van der Waals surface area contributed by atoms with Gasteiger partial charge in [-0.25, -0.2) is 0 Å². The van der Waals surface area contributed by atoms with Crippen molar-refractivity contribution in [2.24, 2.45) is 0 Å². The number of nitrogens with zero attached hydrogens (tertiary/aromatic N) is 2. The molecule has 6 rings (SSSR count). The van der Waals surface area contributed by atoms with Gasteiger partial charge in [0.15, 0.2) is 11.5 Å². The lowest BCUT2D eigenvalue weighted by molar-refractivity contribution is -0.158. The van der Waals surface area contributed by atoms with Crippen molar-refractivity contribution in [1.29, 1.82) is 0 Å². The van der Waals surface area contributed by atoms with Crippen molar-refractivity contribution in [2.75, 3.05) is 20.4 Å². The standard InChI is InChI=1S/C23H21N3O4/c1-12-19-14-5-3-4-6-15(14)24-20(19)22(13-7-8-16-17(9-13)30-11-29-16)26-18(27)10-25(2)23(28)21(12)26/h3-9,12,21-22,24H,10-11H2,1-2H3/t12-,21-,22+/m1/s1. The van der Waals surface area contributed by atoms with Crippen LogP contribution in [-0.4, -0.2) is 53.0 Å². The third-order valence-corrected chi connectivity index (χ3v) is 6.56. The van der Waals surface area contributed by atoms with E-state index in [9.17, 15) is 9.59 Å². The number of aromatic amines is 1. The summed E-state index contributed by atoms with van der Waals surface area (Å²) in [7, 11) is 1.70. The van der Waals surface area contributed by atoms with E-state index in [2.05, 4.69) is 11.1 Å². The third kappa shape index (κ3) is 2.20. The van der Waals surface area contributed by atoms with E-state index in [1.807, 2.05) is 43.3 Å². The van der Waals surface area contributed by atoms with Crippen molar-refractivity contribution in [3.63, 3.8) is 0 Å². The number of carbonyl (C=O) groups is 2. The Bertz CT molecular complexity index is 1220. The van der Waals surface area contributed by atoms with E-state index in [1.54, 1.807) is 11.9 Å². The van der Waals surface area contributed by atoms with E-state index in [4.69, 9.17) is 9.47 Å². The molecule has 1 N–H and O–H groups in total. The number of H-pyrrole nitrogens is 1. The normalized spacial score (nSPS) is 24.9. The first-order valence-electron chi connectivity index (χ1n) is 10.1. The molecular weight excluding hydrogens is 382 g/mol. The number of nitrogens with one attached hydrogen (secondary N) is 1. The van der Waals surface area contributed by atoms with E-state index >= 15 is 0 Å². The molecular formula is C23H21N3O4. The van der Waals surface area contributed by atoms with Crippen molar-refractivity contribution in [3.8, 4) is 11.5 Å². The van der Waals surface area contributed by atoms with Crippen LogP contribution in [0.4, 0.5) is 0 Å². The fraction of sp³-hybridized carbons (Fsp3) is 0.304. The van der Waals surface area contributed by atoms with Crippen molar-refractivity contribution >= 4 is 22.7 Å². The van der Waals surface area contributed by atoms with E-state index in [0.29, 0.717) is 11.5 Å². The summed E-state index contributed by atoms with van der Waals surface area (Å²) in [5.74, 6) is 1.15. The largest absolute Gasteiger partial charge is 0.454 e. The number of ether oxygens (including phenoxy) is 2. The predicted octanol–water partition coefficient (Wildman–Crippen LogP) is 2.77. The first kappa shape index (κ1) is 17.4. The predicted molar refractivity (Wildman–Crippen MR) is 109 cm³/mol. The van der Waals surface area contributed by atoms with Crippen molar-refractivity contribution in [1.82, 2.24) is 14.8 Å². The van der Waals surface area contributed by atoms with E-state index in [0.717, 1.165) is 27.7 Å². The minimum absolute atomic E-state index is 0.0243. The smallest absolute Gasteiger partial charge is 0.246 e. The van der Waals surface area contributed by atoms with Crippen LogP contribution in [0.2, 0.25) is 0 Å². The van der Waals surface area contributed by atoms with Crippen LogP contribution in [-0.2, 0) is 9.59 Å². The molecule has 0 saturated carbocycles. The Hall–Kier alpha value is -3.48. The molecule has 152 valence electrons. The number of piperazine rings is 1. The molecule has 3 aliphatic rings. The second kappa shape index (κ2) is 6.01. The van der Waals surface area contributed by atoms with Crippen LogP contribution in [0.25, 0.3) is 10.9 Å². The fourth-order valence-corrected chi connectivity index (χ4v) is 5.22. The lowest BCUT2D eigenvalue weighted by Gasteiger charge is -2.49. The molecule has 1 fully saturated rings. The molecule has 1 saturated heterocycles. The Morgan fingerprint density at radius 2 is 1.87 bits per heavy atom. The SMILES string of the molecule is C[C@@H]1c2c([nH]c3ccccc23)[C@H](c2ccc3c(c2)OCO3)N2C(=O)CN(C)C(=O)[C@@H]12. The summed E-state index contributed by atoms with van der Waals surface area (Å²) in [4.78, 5) is 33.3. The Labute approximate surface area is 173 Å². The van der Waals surface area contributed by atoms with Crippen molar-refractivity contribution < 1.29 is 19.1 Å². The molecule has 2 amide bonds. The molecule has 1 aromatic heterocycles. The number of hydrogen-bond acceptors (Lipinski definition) is 4. The molecule has 7 nitrogen and oxygen atoms in total. The summed E-state index contributed by atoms with van der Waals surface area (Å²) in [5.41, 5.74) is 3.97. The van der Waals surface area contributed by atoms with Gasteiger partial charge >= 0.3 is 0 Å². The number of carbonyl (C=O) groups excluding carboxylic acids is 2. The number of para-hydroxylation sites is 1. The van der Waals surface area contributed by atoms with Crippen LogP contribution in [0.3, 0.4) is 0 Å². The van der Waals surface area contributed by atoms with Gasteiger partial charge in [-0.05, 0) is 29.3 Å². The Balaban J connectivity index is 1.62. The number of rotatable bonds is 1. The molecule has 3 atom stereocenters. The van der Waals surface area contributed by atoms with Crippen LogP contribution in [0, 0.1) is 0 Å². The highest BCUT2D eigenvalue weighted by Gasteiger charge is 2.51. The van der Waals surface area contributed by atoms with E-state index in [-0.39, 0.29) is 31.1 Å². The minimum atomic E-state index is -0.543. The maximum absolute atomic E-state index is 13.2. The zero-order chi connectivity index (χ0) is 20.6. The molecule has 3 aromatic rings. The van der Waals surface area contributed by atoms with Gasteiger partial charge in [-0.15, -0.1) is 0 Å². The lowest BCUT2D eigenvalue weighted by Crippen LogP contribution is -2.63. The summed E-state index contributed by atoms with van der Waals surface area (Å²) in [6.45, 7) is 2.31. The van der Waals surface area contributed by atoms with Crippen molar-refractivity contribution in [3.05, 3.63) is 59.3 Å². The van der Waals surface area contributed by atoms with Gasteiger partial charge in [0.05, 0.1) is 12.6 Å². The number of hydrogen-bond donors (Lipinski definition) is 1. The monoisotopic (exact) mass is 403 g/mol. The molecule has 7 heteroatoms. The molecule has 4 heterocycles. The fourth-order valence-electron chi connectivity index (χ4n) is 5.22. The molecule has 30 heavy (non-hydrogen) atoms. The van der Waals surface area contributed by atoms with Crippen LogP contribution >= 0.6 is 0 Å². The van der Waals surface area contributed by atoms with Gasteiger partial charge in [-0.1, -0.05) is 31.2 Å². The zero-order valence-electron chi connectivity index (χ0n) is 16.7. The summed E-state index contributed by atoms with van der Waals surface area (Å²) < 4.78 is 11.1. The Kier molecular flexibility index (Phi) is 3.48. The Morgan fingerprint density at radius 3 is 2.73 bits per heavy atom. The molecule has 0 radical (unpaired) electrons. The zero-order valence-corrected chi connectivity index (χ0v) is 16.7. The van der Waals surface area contributed by atoms with Gasteiger partial charge in [0.25, 0.3) is 0 Å². The average molecular weight is 403 g/mol. The quantitative estimate of drug-likeness (QED) is 0.678. The van der Waals surface area contributed by atoms with E-state index in [1.165, 1.54) is 4.90 Å². The molecule has 0 unspecified atom stereocenters. The summed E-state index contributed by atoms with van der Waals surface area (Å²) in [6, 6.07) is 12.9. The average Bonchev–Trinajstić information content (AvgIpc) is 3.36. The lowest BCUT2D eigenvalue weighted by atomic mass is 9.79. The van der Waals surface area contributed by atoms with Gasteiger partial charge in [0.2, 0.25) is 18.6 Å². The number of benzene rings is 2. The first-order chi connectivity index (χ1) is 14.5. The van der Waals surface area contributed by atoms with Crippen LogP contribution < -0.4 is 9.47 Å². The van der Waals surface area contributed by atoms with Crippen LogP contribution in [0.5, 0.6) is 11.5 Å². The van der Waals surface area contributed by atoms with Gasteiger partial charge in [-0.3, -0.25) is 9.59 Å². The summed E-state index contributed by atoms with van der Waals surface area (Å²) in [5, 5.41) is 1.10. The van der Waals surface area contributed by atoms with E-state index < -0.39 is 12.1 Å². The van der Waals surface area contributed by atoms with Gasteiger partial charge in [0, 0.05) is 29.6 Å². The van der Waals surface area contributed by atoms with Gasteiger partial charge in [-0.2, -0.15) is 0 Å². The highest BCUT2D eigenvalue weighted by atomic mass is 16.7. The highest BCUT2D eigenvalue weighted by molar-refractivity contribution is 5.98. The number of likely N-dealkylation sites (N-methyl/N-ethyl adjacent to an activating group) is 1. The molecule has 0 aliphatic carbocycles. The molecule has 0 bridgehead atoms. The summed E-state index contributed by atoms with van der Waals surface area (Å²) >= 11 is 0. The second-order valence-electron chi connectivity index (χ2n) is 8.24. The maximum Gasteiger partial charge on any atom is 0.246 e. The molecule has 0 spiro atoms. The number of aromatic nitrogens is 1. The Morgan fingerprint density at radius 1 is 1.07 bits per heavy atom. The second-order valence-corrected chi connectivity index (χ2v) is 8.24. The number of amides is 2. The van der Waals surface area contributed by atoms with Crippen LogP contribution in [0.1, 0.15) is 35.7 Å². The maximum atomic E-state index is 13.2. The van der Waals surface area contributed by atoms with Crippen molar-refractivity contribution in [2.45, 2.75) is 24.9 Å². The molecule has 3 aliphatic heterocycles.